The van der Waals surface area contributed by atoms with E-state index in [0.717, 1.165) is 0 Å². The van der Waals surface area contributed by atoms with Gasteiger partial charge in [-0.1, -0.05) is 33.3 Å². The lowest BCUT2D eigenvalue weighted by atomic mass is 9.86. The lowest BCUT2D eigenvalue weighted by molar-refractivity contribution is 0.482. The third-order valence-corrected chi connectivity index (χ3v) is 9.69. The fraction of sp³-hybridized carbons (Fsp3) is 0.273. The lowest BCUT2D eigenvalue weighted by Gasteiger charge is -2.22. The standard InChI is InChI=1S/C22H22S4/c1-4-13-22(2,3)21-12-11-20(26-21)19-10-9-18(25-19)17-8-7-16(24-17)15-6-5-14-23-15/h5-12,14H,4,13H2,1-3H3. The first kappa shape index (κ1) is 18.2. The first-order chi connectivity index (χ1) is 12.6. The monoisotopic (exact) mass is 414 g/mol. The van der Waals surface area contributed by atoms with Crippen LogP contribution < -0.4 is 0 Å². The average Bonchev–Trinajstić information content (AvgIpc) is 3.41. The van der Waals surface area contributed by atoms with Crippen molar-refractivity contribution in [3.63, 3.8) is 0 Å². The summed E-state index contributed by atoms with van der Waals surface area (Å²) in [6.07, 6.45) is 2.47. The van der Waals surface area contributed by atoms with Crippen LogP contribution in [0.1, 0.15) is 38.5 Å². The van der Waals surface area contributed by atoms with Gasteiger partial charge in [-0.25, -0.2) is 0 Å². The zero-order valence-electron chi connectivity index (χ0n) is 15.2. The van der Waals surface area contributed by atoms with Crippen molar-refractivity contribution in [2.75, 3.05) is 0 Å². The van der Waals surface area contributed by atoms with Gasteiger partial charge in [-0.3, -0.25) is 0 Å². The molecule has 0 unspecified atom stereocenters. The van der Waals surface area contributed by atoms with Crippen LogP contribution in [0.15, 0.2) is 53.9 Å². The summed E-state index contributed by atoms with van der Waals surface area (Å²) < 4.78 is 0. The number of hydrogen-bond acceptors (Lipinski definition) is 4. The van der Waals surface area contributed by atoms with Crippen molar-refractivity contribution in [3.05, 3.63) is 58.8 Å². The molecule has 0 radical (unpaired) electrons. The molecule has 0 aliphatic heterocycles. The highest BCUT2D eigenvalue weighted by molar-refractivity contribution is 7.28. The molecular weight excluding hydrogens is 393 g/mol. The molecule has 0 aliphatic carbocycles. The van der Waals surface area contributed by atoms with E-state index in [2.05, 4.69) is 74.7 Å². The normalized spacial score (nSPS) is 12.0. The van der Waals surface area contributed by atoms with Crippen LogP contribution in [0.25, 0.3) is 29.3 Å². The molecule has 0 aromatic carbocycles. The Kier molecular flexibility index (Phi) is 5.20. The third-order valence-electron chi connectivity index (χ3n) is 4.61. The van der Waals surface area contributed by atoms with E-state index in [0.29, 0.717) is 0 Å². The summed E-state index contributed by atoms with van der Waals surface area (Å²) in [4.78, 5) is 9.75. The molecule has 0 N–H and O–H groups in total. The third kappa shape index (κ3) is 3.61. The second-order valence-corrected chi connectivity index (χ2v) is 11.3. The van der Waals surface area contributed by atoms with Gasteiger partial charge < -0.3 is 0 Å². The molecule has 0 saturated heterocycles. The Morgan fingerprint density at radius 3 is 1.77 bits per heavy atom. The van der Waals surface area contributed by atoms with Crippen molar-refractivity contribution in [1.82, 2.24) is 0 Å². The van der Waals surface area contributed by atoms with Crippen molar-refractivity contribution in [1.29, 1.82) is 0 Å². The highest BCUT2D eigenvalue weighted by Crippen LogP contribution is 2.44. The van der Waals surface area contributed by atoms with E-state index in [1.54, 1.807) is 0 Å². The van der Waals surface area contributed by atoms with Crippen LogP contribution in [-0.4, -0.2) is 0 Å². The zero-order valence-corrected chi connectivity index (χ0v) is 18.5. The maximum atomic E-state index is 2.36. The van der Waals surface area contributed by atoms with Crippen LogP contribution in [0.4, 0.5) is 0 Å². The Bertz CT molecular complexity index is 979. The van der Waals surface area contributed by atoms with Crippen LogP contribution in [0.3, 0.4) is 0 Å². The molecule has 0 atom stereocenters. The van der Waals surface area contributed by atoms with Gasteiger partial charge in [-0.05, 0) is 59.7 Å². The summed E-state index contributed by atoms with van der Waals surface area (Å²) in [6, 6.07) is 18.0. The molecule has 26 heavy (non-hydrogen) atoms. The summed E-state index contributed by atoms with van der Waals surface area (Å²) >= 11 is 7.57. The van der Waals surface area contributed by atoms with Crippen molar-refractivity contribution in [2.24, 2.45) is 0 Å². The second-order valence-electron chi connectivity index (χ2n) is 7.10. The van der Waals surface area contributed by atoms with Gasteiger partial charge in [0.05, 0.1) is 0 Å². The molecular formula is C22H22S4. The summed E-state index contributed by atoms with van der Waals surface area (Å²) in [7, 11) is 0. The molecule has 4 aromatic heterocycles. The summed E-state index contributed by atoms with van der Waals surface area (Å²) in [5, 5.41) is 2.15. The van der Waals surface area contributed by atoms with E-state index >= 15 is 0 Å². The lowest BCUT2D eigenvalue weighted by Crippen LogP contribution is -2.14. The van der Waals surface area contributed by atoms with E-state index in [4.69, 9.17) is 0 Å². The number of rotatable bonds is 6. The number of hydrogen-bond donors (Lipinski definition) is 0. The molecule has 0 aliphatic rings. The largest absolute Gasteiger partial charge is 0.143 e. The van der Waals surface area contributed by atoms with Gasteiger partial charge in [0, 0.05) is 34.1 Å². The molecule has 0 spiro atoms. The van der Waals surface area contributed by atoms with Gasteiger partial charge >= 0.3 is 0 Å². The molecule has 0 bridgehead atoms. The van der Waals surface area contributed by atoms with Gasteiger partial charge in [-0.15, -0.1) is 45.3 Å². The SMILES string of the molecule is CCCC(C)(C)c1ccc(-c2ccc(-c3ccc(-c4cccs4)s3)s2)s1. The zero-order chi connectivity index (χ0) is 18.1. The smallest absolute Gasteiger partial charge is 0.0449 e. The van der Waals surface area contributed by atoms with E-state index in [-0.39, 0.29) is 5.41 Å². The van der Waals surface area contributed by atoms with Crippen LogP contribution in [0.5, 0.6) is 0 Å². The van der Waals surface area contributed by atoms with Gasteiger partial charge in [0.1, 0.15) is 0 Å². The van der Waals surface area contributed by atoms with Crippen LogP contribution in [-0.2, 0) is 5.41 Å². The molecule has 0 fully saturated rings. The Labute approximate surface area is 171 Å². The first-order valence-electron chi connectivity index (χ1n) is 8.91. The average molecular weight is 415 g/mol. The second kappa shape index (κ2) is 7.43. The molecule has 134 valence electrons. The van der Waals surface area contributed by atoms with E-state index in [1.807, 2.05) is 45.3 Å². The van der Waals surface area contributed by atoms with Gasteiger partial charge in [0.15, 0.2) is 0 Å². The minimum Gasteiger partial charge on any atom is -0.143 e. The van der Waals surface area contributed by atoms with Crippen molar-refractivity contribution in [3.8, 4) is 29.3 Å². The van der Waals surface area contributed by atoms with Crippen molar-refractivity contribution in [2.45, 2.75) is 39.0 Å². The Balaban J connectivity index is 1.58. The quantitative estimate of drug-likeness (QED) is 0.295. The molecule has 4 rings (SSSR count). The highest BCUT2D eigenvalue weighted by atomic mass is 32.1. The topological polar surface area (TPSA) is 0 Å². The Morgan fingerprint density at radius 1 is 0.692 bits per heavy atom. The van der Waals surface area contributed by atoms with Crippen LogP contribution >= 0.6 is 45.3 Å². The first-order valence-corrected chi connectivity index (χ1v) is 12.2. The van der Waals surface area contributed by atoms with E-state index in [1.165, 1.54) is 47.0 Å². The molecule has 4 heteroatoms. The predicted molar refractivity (Wildman–Crippen MR) is 122 cm³/mol. The summed E-state index contributed by atoms with van der Waals surface area (Å²) in [6.45, 7) is 7.00. The maximum absolute atomic E-state index is 2.36. The summed E-state index contributed by atoms with van der Waals surface area (Å²) in [5.74, 6) is 0. The molecule has 0 saturated carbocycles. The Hall–Kier alpha value is -1.20. The molecule has 4 heterocycles. The van der Waals surface area contributed by atoms with Crippen LogP contribution in [0, 0.1) is 0 Å². The summed E-state index contributed by atoms with van der Waals surface area (Å²) in [5.41, 5.74) is 0.279. The Morgan fingerprint density at radius 2 is 1.23 bits per heavy atom. The van der Waals surface area contributed by atoms with Crippen LogP contribution in [0.2, 0.25) is 0 Å². The fourth-order valence-corrected chi connectivity index (χ4v) is 7.37. The minimum absolute atomic E-state index is 0.279. The van der Waals surface area contributed by atoms with Crippen molar-refractivity contribution >= 4 is 45.3 Å². The fourth-order valence-electron chi connectivity index (χ4n) is 3.21. The molecule has 0 nitrogen and oxygen atoms in total. The highest BCUT2D eigenvalue weighted by Gasteiger charge is 2.22. The predicted octanol–water partition coefficient (Wildman–Crippen LogP) is 9.01. The van der Waals surface area contributed by atoms with Gasteiger partial charge in [0.25, 0.3) is 0 Å². The molecule has 0 amide bonds. The molecule has 4 aromatic rings. The number of thiophene rings is 4. The van der Waals surface area contributed by atoms with E-state index in [9.17, 15) is 0 Å². The van der Waals surface area contributed by atoms with Crippen molar-refractivity contribution < 1.29 is 0 Å². The minimum atomic E-state index is 0.279. The van der Waals surface area contributed by atoms with Gasteiger partial charge in [0.2, 0.25) is 0 Å². The van der Waals surface area contributed by atoms with Gasteiger partial charge in [-0.2, -0.15) is 0 Å². The maximum Gasteiger partial charge on any atom is 0.0449 e. The van der Waals surface area contributed by atoms with E-state index < -0.39 is 0 Å².